The number of carbonyl (C=O) groups excluding carboxylic acids is 1. The van der Waals surface area contributed by atoms with E-state index in [9.17, 15) is 4.79 Å². The van der Waals surface area contributed by atoms with Crippen LogP contribution in [0.15, 0.2) is 24.3 Å². The number of rotatable bonds is 8. The van der Waals surface area contributed by atoms with Gasteiger partial charge in [0.15, 0.2) is 0 Å². The highest BCUT2D eigenvalue weighted by Crippen LogP contribution is 2.20. The third-order valence-corrected chi connectivity index (χ3v) is 3.95. The molecule has 0 unspecified atom stereocenters. The minimum Gasteiger partial charge on any atom is -0.355 e. The number of nitrogens with zero attached hydrogens (tertiary/aromatic N) is 1. The zero-order chi connectivity index (χ0) is 14.1. The van der Waals surface area contributed by atoms with Gasteiger partial charge in [0, 0.05) is 36.0 Å². The molecule has 1 aromatic rings. The van der Waals surface area contributed by atoms with Crippen molar-refractivity contribution in [2.24, 2.45) is 0 Å². The number of hydrogen-bond donors (Lipinski definition) is 1. The quantitative estimate of drug-likeness (QED) is 0.749. The topological polar surface area (TPSA) is 32.3 Å². The van der Waals surface area contributed by atoms with Gasteiger partial charge in [-0.3, -0.25) is 4.79 Å². The molecule has 19 heavy (non-hydrogen) atoms. The summed E-state index contributed by atoms with van der Waals surface area (Å²) in [6.45, 7) is 1.58. The van der Waals surface area contributed by atoms with Gasteiger partial charge in [-0.2, -0.15) is 11.8 Å². The Labute approximate surface area is 124 Å². The minimum absolute atomic E-state index is 0.119. The molecule has 0 heterocycles. The number of hydrogen-bond acceptors (Lipinski definition) is 3. The summed E-state index contributed by atoms with van der Waals surface area (Å²) in [5.41, 5.74) is 1.13. The van der Waals surface area contributed by atoms with Crippen LogP contribution in [0.1, 0.15) is 12.0 Å². The van der Waals surface area contributed by atoms with E-state index in [1.807, 2.05) is 43.3 Å². The Bertz CT molecular complexity index is 399. The van der Waals surface area contributed by atoms with Crippen LogP contribution in [0.2, 0.25) is 5.02 Å². The van der Waals surface area contributed by atoms with Crippen LogP contribution >= 0.6 is 23.4 Å². The lowest BCUT2D eigenvalue weighted by atomic mass is 10.2. The second kappa shape index (κ2) is 9.23. The largest absolute Gasteiger partial charge is 0.355 e. The molecule has 5 heteroatoms. The van der Waals surface area contributed by atoms with Crippen molar-refractivity contribution in [2.75, 3.05) is 32.9 Å². The van der Waals surface area contributed by atoms with Gasteiger partial charge >= 0.3 is 0 Å². The number of nitrogens with one attached hydrogen (secondary N) is 1. The third kappa shape index (κ3) is 7.45. The van der Waals surface area contributed by atoms with Crippen molar-refractivity contribution >= 4 is 29.3 Å². The molecule has 0 spiro atoms. The fraction of sp³-hybridized carbons (Fsp3) is 0.500. The zero-order valence-corrected chi connectivity index (χ0v) is 13.1. The molecule has 0 atom stereocenters. The Hall–Kier alpha value is -0.710. The summed E-state index contributed by atoms with van der Waals surface area (Å²) in [5, 5.41) is 3.70. The lowest BCUT2D eigenvalue weighted by Gasteiger charge is -2.10. The van der Waals surface area contributed by atoms with E-state index in [-0.39, 0.29) is 5.91 Å². The lowest BCUT2D eigenvalue weighted by molar-refractivity contribution is -0.120. The molecule has 3 nitrogen and oxygen atoms in total. The number of halogens is 1. The monoisotopic (exact) mass is 300 g/mol. The predicted molar refractivity (Wildman–Crippen MR) is 83.8 cm³/mol. The molecule has 0 aliphatic heterocycles. The van der Waals surface area contributed by atoms with Crippen LogP contribution in [-0.2, 0) is 10.5 Å². The Kier molecular flexibility index (Phi) is 7.94. The van der Waals surface area contributed by atoms with E-state index in [0.29, 0.717) is 13.0 Å². The first-order valence-electron chi connectivity index (χ1n) is 6.32. The second-order valence-corrected chi connectivity index (χ2v) is 6.06. The first-order chi connectivity index (χ1) is 9.09. The lowest BCUT2D eigenvalue weighted by Crippen LogP contribution is -2.31. The molecular formula is C14H21ClN2OS. The summed E-state index contributed by atoms with van der Waals surface area (Å²) in [6, 6.07) is 7.82. The highest BCUT2D eigenvalue weighted by Gasteiger charge is 2.03. The van der Waals surface area contributed by atoms with Crippen LogP contribution in [0.5, 0.6) is 0 Å². The van der Waals surface area contributed by atoms with Gasteiger partial charge in [0.05, 0.1) is 0 Å². The fourth-order valence-corrected chi connectivity index (χ4v) is 2.70. The third-order valence-electron chi connectivity index (χ3n) is 2.57. The first kappa shape index (κ1) is 16.3. The Morgan fingerprint density at radius 1 is 1.37 bits per heavy atom. The molecule has 0 saturated heterocycles. The van der Waals surface area contributed by atoms with E-state index >= 15 is 0 Å². The molecule has 1 N–H and O–H groups in total. The molecule has 0 saturated carbocycles. The van der Waals surface area contributed by atoms with E-state index in [0.717, 1.165) is 28.6 Å². The van der Waals surface area contributed by atoms with Crippen LogP contribution in [0.4, 0.5) is 0 Å². The van der Waals surface area contributed by atoms with Crippen LogP contribution < -0.4 is 5.32 Å². The Morgan fingerprint density at radius 2 is 2.11 bits per heavy atom. The smallest absolute Gasteiger partial charge is 0.220 e. The maximum absolute atomic E-state index is 11.5. The van der Waals surface area contributed by atoms with Crippen molar-refractivity contribution in [3.05, 3.63) is 34.9 Å². The average Bonchev–Trinajstić information content (AvgIpc) is 2.36. The number of likely N-dealkylation sites (N-methyl/N-ethyl adjacent to an activating group) is 1. The summed E-state index contributed by atoms with van der Waals surface area (Å²) < 4.78 is 0. The standard InChI is InChI=1S/C14H21ClN2OS/c1-17(2)9-8-16-14(18)7-10-19-11-12-5-3-4-6-13(12)15/h3-6H,7-11H2,1-2H3,(H,16,18). The van der Waals surface area contributed by atoms with Gasteiger partial charge in [0.1, 0.15) is 0 Å². The summed E-state index contributed by atoms with van der Waals surface area (Å²) in [6.07, 6.45) is 0.558. The average molecular weight is 301 g/mol. The maximum atomic E-state index is 11.5. The predicted octanol–water partition coefficient (Wildman–Crippen LogP) is 2.64. The molecule has 0 fully saturated rings. The molecule has 1 rings (SSSR count). The van der Waals surface area contributed by atoms with Gasteiger partial charge in [-0.1, -0.05) is 29.8 Å². The van der Waals surface area contributed by atoms with Crippen molar-refractivity contribution in [1.82, 2.24) is 10.2 Å². The van der Waals surface area contributed by atoms with Gasteiger partial charge < -0.3 is 10.2 Å². The second-order valence-electron chi connectivity index (χ2n) is 4.55. The molecule has 0 aliphatic carbocycles. The number of thioether (sulfide) groups is 1. The van der Waals surface area contributed by atoms with Gasteiger partial charge in [0.2, 0.25) is 5.91 Å². The van der Waals surface area contributed by atoms with Gasteiger partial charge in [-0.25, -0.2) is 0 Å². The summed E-state index contributed by atoms with van der Waals surface area (Å²) in [4.78, 5) is 13.6. The van der Waals surface area contributed by atoms with Crippen LogP contribution in [-0.4, -0.2) is 43.7 Å². The molecule has 0 aromatic heterocycles. The summed E-state index contributed by atoms with van der Waals surface area (Å²) in [7, 11) is 3.98. The van der Waals surface area contributed by atoms with E-state index < -0.39 is 0 Å². The van der Waals surface area contributed by atoms with E-state index in [1.165, 1.54) is 0 Å². The van der Waals surface area contributed by atoms with Gasteiger partial charge in [-0.15, -0.1) is 0 Å². The number of amides is 1. The van der Waals surface area contributed by atoms with Crippen molar-refractivity contribution in [3.8, 4) is 0 Å². The van der Waals surface area contributed by atoms with Crippen molar-refractivity contribution < 1.29 is 4.79 Å². The van der Waals surface area contributed by atoms with Gasteiger partial charge in [-0.05, 0) is 25.7 Å². The minimum atomic E-state index is 0.119. The van der Waals surface area contributed by atoms with Crippen LogP contribution in [0, 0.1) is 0 Å². The molecule has 0 aliphatic rings. The van der Waals surface area contributed by atoms with Crippen molar-refractivity contribution in [1.29, 1.82) is 0 Å². The summed E-state index contributed by atoms with van der Waals surface area (Å²) in [5.74, 6) is 1.79. The molecule has 1 amide bonds. The molecule has 0 radical (unpaired) electrons. The number of carbonyl (C=O) groups is 1. The summed E-state index contributed by atoms with van der Waals surface area (Å²) >= 11 is 7.80. The van der Waals surface area contributed by atoms with Crippen LogP contribution in [0.25, 0.3) is 0 Å². The molecule has 0 bridgehead atoms. The van der Waals surface area contributed by atoms with E-state index in [1.54, 1.807) is 11.8 Å². The highest BCUT2D eigenvalue weighted by atomic mass is 35.5. The molecular weight excluding hydrogens is 280 g/mol. The number of benzene rings is 1. The van der Waals surface area contributed by atoms with Crippen LogP contribution in [0.3, 0.4) is 0 Å². The van der Waals surface area contributed by atoms with Crippen molar-refractivity contribution in [3.63, 3.8) is 0 Å². The Balaban J connectivity index is 2.10. The maximum Gasteiger partial charge on any atom is 0.220 e. The van der Waals surface area contributed by atoms with Gasteiger partial charge in [0.25, 0.3) is 0 Å². The zero-order valence-electron chi connectivity index (χ0n) is 11.5. The SMILES string of the molecule is CN(C)CCNC(=O)CCSCc1ccccc1Cl. The fourth-order valence-electron chi connectivity index (χ4n) is 1.47. The van der Waals surface area contributed by atoms with E-state index in [2.05, 4.69) is 5.32 Å². The van der Waals surface area contributed by atoms with Crippen molar-refractivity contribution in [2.45, 2.75) is 12.2 Å². The van der Waals surface area contributed by atoms with E-state index in [4.69, 9.17) is 11.6 Å². The molecule has 1 aromatic carbocycles. The Morgan fingerprint density at radius 3 is 2.79 bits per heavy atom. The molecule has 106 valence electrons. The first-order valence-corrected chi connectivity index (χ1v) is 7.85. The normalized spacial score (nSPS) is 10.7. The highest BCUT2D eigenvalue weighted by molar-refractivity contribution is 7.98.